The molecule has 0 unspecified atom stereocenters. The fraction of sp³-hybridized carbons (Fsp3) is 0. The quantitative estimate of drug-likeness (QED) is 0.201. The van der Waals surface area contributed by atoms with Gasteiger partial charge in [0.1, 0.15) is 5.69 Å². The lowest BCUT2D eigenvalue weighted by atomic mass is 10.0. The van der Waals surface area contributed by atoms with Crippen LogP contribution in [0.4, 0.5) is 0 Å². The van der Waals surface area contributed by atoms with E-state index in [0.29, 0.717) is 0 Å². The van der Waals surface area contributed by atoms with Crippen LogP contribution in [0, 0.1) is 0 Å². The molecule has 10 aromatic rings. The minimum Gasteiger partial charge on any atom is -0.292 e. The van der Waals surface area contributed by atoms with E-state index in [1.54, 1.807) is 0 Å². The Morgan fingerprint density at radius 3 is 2.09 bits per heavy atom. The number of rotatable bonds is 3. The average Bonchev–Trinajstić information content (AvgIpc) is 3.66. The zero-order valence-corrected chi connectivity index (χ0v) is 25.5. The van der Waals surface area contributed by atoms with Crippen LogP contribution in [-0.4, -0.2) is 14.5 Å². The molecule has 0 fully saturated rings. The molecule has 3 aromatic heterocycles. The summed E-state index contributed by atoms with van der Waals surface area (Å²) in [6.07, 6.45) is 0. The van der Waals surface area contributed by atoms with Crippen molar-refractivity contribution in [1.82, 2.24) is 14.5 Å². The van der Waals surface area contributed by atoms with E-state index in [1.807, 2.05) is 11.3 Å². The van der Waals surface area contributed by atoms with Gasteiger partial charge in [0.05, 0.1) is 22.1 Å². The normalized spacial score (nSPS) is 11.9. The third-order valence-corrected chi connectivity index (χ3v) is 10.4. The molecule has 0 spiro atoms. The molecule has 0 radical (unpaired) electrons. The van der Waals surface area contributed by atoms with Crippen molar-refractivity contribution in [2.75, 3.05) is 0 Å². The summed E-state index contributed by atoms with van der Waals surface area (Å²) >= 11 is 1.83. The lowest BCUT2D eigenvalue weighted by molar-refractivity contribution is 1.08. The van der Waals surface area contributed by atoms with E-state index < -0.39 is 0 Å². The molecular weight excluding hydrogens is 579 g/mol. The number of nitrogens with zero attached hydrogens (tertiary/aromatic N) is 3. The fourth-order valence-electron chi connectivity index (χ4n) is 7.01. The first-order valence-electron chi connectivity index (χ1n) is 15.5. The highest BCUT2D eigenvalue weighted by Gasteiger charge is 2.22. The predicted octanol–water partition coefficient (Wildman–Crippen LogP) is 11.6. The topological polar surface area (TPSA) is 30.7 Å². The van der Waals surface area contributed by atoms with E-state index >= 15 is 0 Å². The largest absolute Gasteiger partial charge is 0.292 e. The molecule has 10 rings (SSSR count). The second kappa shape index (κ2) is 9.83. The summed E-state index contributed by atoms with van der Waals surface area (Å²) in [5.41, 5.74) is 8.26. The Kier molecular flexibility index (Phi) is 5.45. The zero-order valence-electron chi connectivity index (χ0n) is 24.7. The summed E-state index contributed by atoms with van der Waals surface area (Å²) in [6.45, 7) is 0. The van der Waals surface area contributed by atoms with Crippen molar-refractivity contribution in [2.45, 2.75) is 0 Å². The molecule has 0 amide bonds. The molecule has 0 bridgehead atoms. The highest BCUT2D eigenvalue weighted by molar-refractivity contribution is 7.26. The third-order valence-electron chi connectivity index (χ3n) is 9.16. The van der Waals surface area contributed by atoms with Crippen LogP contribution in [0.5, 0.6) is 0 Å². The number of hydrogen-bond donors (Lipinski definition) is 0. The van der Waals surface area contributed by atoms with Crippen LogP contribution in [0.1, 0.15) is 0 Å². The summed E-state index contributed by atoms with van der Waals surface area (Å²) in [5.74, 6) is 0.837. The second-order valence-corrected chi connectivity index (χ2v) is 12.9. The Balaban J connectivity index is 1.35. The van der Waals surface area contributed by atoms with Crippen LogP contribution in [0.15, 0.2) is 152 Å². The summed E-state index contributed by atoms with van der Waals surface area (Å²) in [6, 6.07) is 54.1. The zero-order chi connectivity index (χ0) is 30.2. The van der Waals surface area contributed by atoms with Crippen molar-refractivity contribution in [2.24, 2.45) is 0 Å². The Morgan fingerprint density at radius 1 is 0.457 bits per heavy atom. The van der Waals surface area contributed by atoms with Crippen LogP contribution < -0.4 is 0 Å². The predicted molar refractivity (Wildman–Crippen MR) is 195 cm³/mol. The van der Waals surface area contributed by atoms with E-state index in [2.05, 4.69) is 156 Å². The summed E-state index contributed by atoms with van der Waals surface area (Å²) in [4.78, 5) is 11.0. The van der Waals surface area contributed by atoms with Gasteiger partial charge in [-0.3, -0.25) is 4.57 Å². The number of fused-ring (bicyclic) bond motifs is 8. The second-order valence-electron chi connectivity index (χ2n) is 11.8. The van der Waals surface area contributed by atoms with Crippen molar-refractivity contribution >= 4 is 75.1 Å². The highest BCUT2D eigenvalue weighted by atomic mass is 32.1. The Morgan fingerprint density at radius 2 is 1.20 bits per heavy atom. The smallest absolute Gasteiger partial charge is 0.165 e. The standard InChI is InChI=1S/C42H25N3S/c1-2-11-26(12-3-1)29-21-22-35-36(24-29)44-42(40(43-35)33-18-10-17-32-31-16-7-9-20-39(31)46-41(32)33)45-37-19-8-6-15-30(37)34-23-27-13-4-5-14-28(27)25-38(34)45/h1-25H. The van der Waals surface area contributed by atoms with Crippen LogP contribution in [0.3, 0.4) is 0 Å². The van der Waals surface area contributed by atoms with Gasteiger partial charge in [0.25, 0.3) is 0 Å². The molecule has 3 nitrogen and oxygen atoms in total. The van der Waals surface area contributed by atoms with Gasteiger partial charge in [-0.2, -0.15) is 0 Å². The van der Waals surface area contributed by atoms with E-state index in [1.165, 1.54) is 41.7 Å². The van der Waals surface area contributed by atoms with Gasteiger partial charge in [0.2, 0.25) is 0 Å². The Labute approximate surface area is 268 Å². The minimum absolute atomic E-state index is 0.837. The molecular formula is C42H25N3S. The maximum absolute atomic E-state index is 5.53. The lowest BCUT2D eigenvalue weighted by Crippen LogP contribution is -2.04. The van der Waals surface area contributed by atoms with Gasteiger partial charge in [0, 0.05) is 36.5 Å². The van der Waals surface area contributed by atoms with E-state index in [9.17, 15) is 0 Å². The number of hydrogen-bond acceptors (Lipinski definition) is 3. The first kappa shape index (κ1) is 25.5. The summed E-state index contributed by atoms with van der Waals surface area (Å²) in [5, 5.41) is 7.36. The van der Waals surface area contributed by atoms with Crippen LogP contribution >= 0.6 is 11.3 Å². The van der Waals surface area contributed by atoms with Crippen LogP contribution in [0.25, 0.3) is 92.0 Å². The number of thiophene rings is 1. The van der Waals surface area contributed by atoms with Gasteiger partial charge in [-0.25, -0.2) is 9.97 Å². The molecule has 46 heavy (non-hydrogen) atoms. The Bertz CT molecular complexity index is 2810. The first-order valence-corrected chi connectivity index (χ1v) is 16.3. The van der Waals surface area contributed by atoms with Crippen molar-refractivity contribution in [3.63, 3.8) is 0 Å². The van der Waals surface area contributed by atoms with E-state index in [-0.39, 0.29) is 0 Å². The first-order chi connectivity index (χ1) is 22.8. The summed E-state index contributed by atoms with van der Waals surface area (Å²) < 4.78 is 4.84. The molecule has 0 aliphatic carbocycles. The van der Waals surface area contributed by atoms with Gasteiger partial charge in [-0.15, -0.1) is 11.3 Å². The molecule has 0 aliphatic rings. The molecule has 0 atom stereocenters. The Hall–Kier alpha value is -5.84. The van der Waals surface area contributed by atoms with Gasteiger partial charge < -0.3 is 0 Å². The maximum atomic E-state index is 5.53. The minimum atomic E-state index is 0.837. The molecule has 0 saturated heterocycles. The monoisotopic (exact) mass is 603 g/mol. The molecule has 0 saturated carbocycles. The maximum Gasteiger partial charge on any atom is 0.165 e. The van der Waals surface area contributed by atoms with Crippen molar-refractivity contribution in [3.8, 4) is 28.2 Å². The number of benzene rings is 7. The molecule has 7 aromatic carbocycles. The van der Waals surface area contributed by atoms with Gasteiger partial charge in [-0.05, 0) is 58.3 Å². The van der Waals surface area contributed by atoms with Crippen molar-refractivity contribution < 1.29 is 0 Å². The molecule has 3 heterocycles. The summed E-state index contributed by atoms with van der Waals surface area (Å²) in [7, 11) is 0. The average molecular weight is 604 g/mol. The molecule has 0 aliphatic heterocycles. The number of para-hydroxylation sites is 1. The third kappa shape index (κ3) is 3.77. The lowest BCUT2D eigenvalue weighted by Gasteiger charge is -2.15. The van der Waals surface area contributed by atoms with E-state index in [0.717, 1.165) is 50.3 Å². The fourth-order valence-corrected chi connectivity index (χ4v) is 8.23. The van der Waals surface area contributed by atoms with Crippen LogP contribution in [0.2, 0.25) is 0 Å². The van der Waals surface area contributed by atoms with Crippen molar-refractivity contribution in [1.29, 1.82) is 0 Å². The van der Waals surface area contributed by atoms with Gasteiger partial charge in [-0.1, -0.05) is 115 Å². The van der Waals surface area contributed by atoms with E-state index in [4.69, 9.17) is 9.97 Å². The SMILES string of the molecule is c1ccc(-c2ccc3nc(-c4cccc5c4sc4ccccc45)c(-n4c5ccccc5c5cc6ccccc6cc54)nc3c2)cc1. The molecule has 214 valence electrons. The van der Waals surface area contributed by atoms with Crippen molar-refractivity contribution in [3.05, 3.63) is 152 Å². The van der Waals surface area contributed by atoms with Gasteiger partial charge in [0.15, 0.2) is 5.82 Å². The molecule has 0 N–H and O–H groups in total. The number of aromatic nitrogens is 3. The van der Waals surface area contributed by atoms with Crippen LogP contribution in [-0.2, 0) is 0 Å². The van der Waals surface area contributed by atoms with Gasteiger partial charge >= 0.3 is 0 Å². The highest BCUT2D eigenvalue weighted by Crippen LogP contribution is 2.43. The molecule has 4 heteroatoms.